The van der Waals surface area contributed by atoms with Gasteiger partial charge in [0.05, 0.1) is 5.69 Å². The Morgan fingerprint density at radius 2 is 1.92 bits per heavy atom. The van der Waals surface area contributed by atoms with E-state index in [-0.39, 0.29) is 30.7 Å². The molecule has 0 aliphatic carbocycles. The first-order valence-corrected chi connectivity index (χ1v) is 12.5. The first kappa shape index (κ1) is 22.8. The number of carbonyl (C=O) groups is 3. The summed E-state index contributed by atoms with van der Waals surface area (Å²) < 4.78 is 16.7. The SMILES string of the molecule is Cc1c(CN2CCC(c3cc(F)cc4c3CN(C3CCC(=O)NC3=O)C4=O)CC2)nc2ccccn12. The number of halogens is 1. The summed E-state index contributed by atoms with van der Waals surface area (Å²) in [5.41, 5.74) is 5.19. The van der Waals surface area contributed by atoms with Gasteiger partial charge in [-0.15, -0.1) is 0 Å². The number of pyridine rings is 1. The molecular weight excluding hydrogens is 461 g/mol. The third-order valence-corrected chi connectivity index (χ3v) is 7.92. The number of rotatable bonds is 4. The number of fused-ring (bicyclic) bond motifs is 2. The predicted octanol–water partition coefficient (Wildman–Crippen LogP) is 2.92. The zero-order chi connectivity index (χ0) is 25.0. The maximum absolute atomic E-state index is 14.6. The van der Waals surface area contributed by atoms with Gasteiger partial charge in [-0.3, -0.25) is 24.6 Å². The van der Waals surface area contributed by atoms with Crippen LogP contribution in [-0.4, -0.2) is 56.0 Å². The van der Waals surface area contributed by atoms with E-state index in [1.54, 1.807) is 6.07 Å². The number of aromatic nitrogens is 2. The molecule has 0 saturated carbocycles. The van der Waals surface area contributed by atoms with Gasteiger partial charge in [-0.2, -0.15) is 0 Å². The summed E-state index contributed by atoms with van der Waals surface area (Å²) in [4.78, 5) is 45.8. The first-order chi connectivity index (χ1) is 17.4. The smallest absolute Gasteiger partial charge is 0.255 e. The third-order valence-electron chi connectivity index (χ3n) is 7.92. The highest BCUT2D eigenvalue weighted by molar-refractivity contribution is 6.05. The van der Waals surface area contributed by atoms with Crippen molar-refractivity contribution in [2.75, 3.05) is 13.1 Å². The highest BCUT2D eigenvalue weighted by Gasteiger charge is 2.41. The van der Waals surface area contributed by atoms with Gasteiger partial charge < -0.3 is 9.30 Å². The van der Waals surface area contributed by atoms with Gasteiger partial charge in [0.1, 0.15) is 17.5 Å². The number of nitrogens with zero attached hydrogens (tertiary/aromatic N) is 4. The van der Waals surface area contributed by atoms with Crippen LogP contribution in [0.1, 0.15) is 64.5 Å². The minimum absolute atomic E-state index is 0.141. The fraction of sp³-hybridized carbons (Fsp3) is 0.407. The summed E-state index contributed by atoms with van der Waals surface area (Å²) in [5, 5.41) is 2.32. The Balaban J connectivity index is 1.18. The number of hydrogen-bond acceptors (Lipinski definition) is 5. The summed E-state index contributed by atoms with van der Waals surface area (Å²) in [6, 6.07) is 8.14. The quantitative estimate of drug-likeness (QED) is 0.570. The van der Waals surface area contributed by atoms with Crippen molar-refractivity contribution in [3.63, 3.8) is 0 Å². The van der Waals surface area contributed by atoms with E-state index in [1.807, 2.05) is 24.4 Å². The van der Waals surface area contributed by atoms with Crippen molar-refractivity contribution >= 4 is 23.4 Å². The number of piperidine rings is 2. The van der Waals surface area contributed by atoms with Crippen molar-refractivity contribution in [2.24, 2.45) is 0 Å². The lowest BCUT2D eigenvalue weighted by Crippen LogP contribution is -2.52. The van der Waals surface area contributed by atoms with E-state index in [9.17, 15) is 18.8 Å². The molecular formula is C27H28FN5O3. The second-order valence-corrected chi connectivity index (χ2v) is 10.0. The number of benzene rings is 1. The monoisotopic (exact) mass is 489 g/mol. The third kappa shape index (κ3) is 3.87. The molecule has 3 aliphatic heterocycles. The summed E-state index contributed by atoms with van der Waals surface area (Å²) in [5.74, 6) is -1.39. The van der Waals surface area contributed by atoms with Gasteiger partial charge in [0.15, 0.2) is 0 Å². The number of carbonyl (C=O) groups excluding carboxylic acids is 3. The van der Waals surface area contributed by atoms with Crippen LogP contribution in [0.15, 0.2) is 36.5 Å². The standard InChI is InChI=1S/C27H28FN5O3/c1-16-22(29-24-4-2-3-9-32(16)24)15-31-10-7-17(8-11-31)19-12-18(28)13-20-21(19)14-33(27(20)36)23-5-6-25(34)30-26(23)35/h2-4,9,12-13,17,23H,5-8,10-11,14-15H2,1H3,(H,30,34,35). The van der Waals surface area contributed by atoms with E-state index < -0.39 is 17.8 Å². The van der Waals surface area contributed by atoms with Crippen LogP contribution < -0.4 is 5.32 Å². The van der Waals surface area contributed by atoms with Gasteiger partial charge in [0, 0.05) is 37.0 Å². The van der Waals surface area contributed by atoms with Crippen LogP contribution in [0, 0.1) is 12.7 Å². The van der Waals surface area contributed by atoms with Crippen LogP contribution in [0.25, 0.3) is 5.65 Å². The van der Waals surface area contributed by atoms with E-state index >= 15 is 0 Å². The van der Waals surface area contributed by atoms with Gasteiger partial charge in [0.25, 0.3) is 5.91 Å². The molecule has 36 heavy (non-hydrogen) atoms. The first-order valence-electron chi connectivity index (χ1n) is 12.5. The average molecular weight is 490 g/mol. The Kier molecular flexibility index (Phi) is 5.59. The molecule has 3 amide bonds. The number of amides is 3. The van der Waals surface area contributed by atoms with Crippen molar-refractivity contribution in [2.45, 2.75) is 57.7 Å². The summed E-state index contributed by atoms with van der Waals surface area (Å²) in [6.45, 7) is 4.84. The van der Waals surface area contributed by atoms with Gasteiger partial charge in [-0.25, -0.2) is 9.37 Å². The van der Waals surface area contributed by atoms with Gasteiger partial charge in [-0.1, -0.05) is 6.07 Å². The van der Waals surface area contributed by atoms with E-state index in [0.717, 1.165) is 60.6 Å². The molecule has 1 N–H and O–H groups in total. The van der Waals surface area contributed by atoms with E-state index in [0.29, 0.717) is 12.0 Å². The Bertz CT molecular complexity index is 1390. The lowest BCUT2D eigenvalue weighted by Gasteiger charge is -2.33. The van der Waals surface area contributed by atoms with Crippen LogP contribution >= 0.6 is 0 Å². The molecule has 0 radical (unpaired) electrons. The number of nitrogens with one attached hydrogen (secondary N) is 1. The highest BCUT2D eigenvalue weighted by atomic mass is 19.1. The second kappa shape index (κ2) is 8.81. The largest absolute Gasteiger partial charge is 0.322 e. The van der Waals surface area contributed by atoms with Crippen LogP contribution in [0.3, 0.4) is 0 Å². The molecule has 6 rings (SSSR count). The van der Waals surface area contributed by atoms with Crippen molar-refractivity contribution in [3.8, 4) is 0 Å². The van der Waals surface area contributed by atoms with Crippen LogP contribution in [-0.2, 0) is 22.7 Å². The lowest BCUT2D eigenvalue weighted by molar-refractivity contribution is -0.136. The number of likely N-dealkylation sites (tertiary alicyclic amines) is 1. The molecule has 2 aromatic heterocycles. The minimum atomic E-state index is -0.700. The molecule has 0 bridgehead atoms. The van der Waals surface area contributed by atoms with E-state index in [4.69, 9.17) is 4.98 Å². The Morgan fingerprint density at radius 1 is 1.11 bits per heavy atom. The molecule has 8 nitrogen and oxygen atoms in total. The highest BCUT2D eigenvalue weighted by Crippen LogP contribution is 2.38. The van der Waals surface area contributed by atoms with Crippen LogP contribution in [0.2, 0.25) is 0 Å². The van der Waals surface area contributed by atoms with Crippen LogP contribution in [0.5, 0.6) is 0 Å². The topological polar surface area (TPSA) is 87.0 Å². The molecule has 0 spiro atoms. The number of hydrogen-bond donors (Lipinski definition) is 1. The molecule has 9 heteroatoms. The summed E-state index contributed by atoms with van der Waals surface area (Å²) >= 11 is 0. The van der Waals surface area contributed by atoms with Gasteiger partial charge in [-0.05, 0) is 80.6 Å². The molecule has 5 heterocycles. The molecule has 1 atom stereocenters. The Hall–Kier alpha value is -3.59. The molecule has 1 unspecified atom stereocenters. The Morgan fingerprint density at radius 3 is 2.67 bits per heavy atom. The fourth-order valence-corrected chi connectivity index (χ4v) is 5.95. The van der Waals surface area contributed by atoms with E-state index in [2.05, 4.69) is 21.5 Å². The molecule has 1 aromatic carbocycles. The Labute approximate surface area is 208 Å². The fourth-order valence-electron chi connectivity index (χ4n) is 5.95. The zero-order valence-electron chi connectivity index (χ0n) is 20.2. The average Bonchev–Trinajstić information content (AvgIpc) is 3.36. The maximum atomic E-state index is 14.6. The van der Waals surface area contributed by atoms with Crippen molar-refractivity contribution in [1.82, 2.24) is 24.5 Å². The van der Waals surface area contributed by atoms with Crippen molar-refractivity contribution < 1.29 is 18.8 Å². The lowest BCUT2D eigenvalue weighted by atomic mass is 9.85. The van der Waals surface area contributed by atoms with Crippen LogP contribution in [0.4, 0.5) is 4.39 Å². The van der Waals surface area contributed by atoms with Gasteiger partial charge >= 0.3 is 0 Å². The van der Waals surface area contributed by atoms with E-state index in [1.165, 1.54) is 11.0 Å². The van der Waals surface area contributed by atoms with Crippen molar-refractivity contribution in [1.29, 1.82) is 0 Å². The molecule has 186 valence electrons. The maximum Gasteiger partial charge on any atom is 0.255 e. The minimum Gasteiger partial charge on any atom is -0.322 e. The number of imide groups is 1. The molecule has 2 fully saturated rings. The second-order valence-electron chi connectivity index (χ2n) is 10.0. The van der Waals surface area contributed by atoms with Gasteiger partial charge in [0.2, 0.25) is 11.8 Å². The molecule has 3 aliphatic rings. The number of aryl methyl sites for hydroxylation is 1. The molecule has 3 aromatic rings. The molecule has 2 saturated heterocycles. The zero-order valence-corrected chi connectivity index (χ0v) is 20.2. The summed E-state index contributed by atoms with van der Waals surface area (Å²) in [7, 11) is 0. The predicted molar refractivity (Wildman–Crippen MR) is 130 cm³/mol. The normalized spacial score (nSPS) is 21.3. The number of imidazole rings is 1. The summed E-state index contributed by atoms with van der Waals surface area (Å²) in [6.07, 6.45) is 4.23. The van der Waals surface area contributed by atoms with Crippen molar-refractivity contribution in [3.05, 3.63) is 70.4 Å².